The van der Waals surface area contributed by atoms with E-state index in [0.717, 1.165) is 13.8 Å². The molecule has 0 aliphatic rings. The Morgan fingerprint density at radius 1 is 1.10 bits per heavy atom. The molecule has 0 aromatic heterocycles. The lowest BCUT2D eigenvalue weighted by atomic mass is 10.1. The summed E-state index contributed by atoms with van der Waals surface area (Å²) in [5.41, 5.74) is 5.15. The number of methoxy groups -OCH3 is 1. The van der Waals surface area contributed by atoms with Crippen molar-refractivity contribution in [3.05, 3.63) is 12.0 Å². The van der Waals surface area contributed by atoms with Gasteiger partial charge in [-0.15, -0.1) is 0 Å². The summed E-state index contributed by atoms with van der Waals surface area (Å²) in [6, 6.07) is 0. The molecule has 0 aromatic rings. The molecule has 0 bridgehead atoms. The van der Waals surface area contributed by atoms with Crippen LogP contribution in [-0.4, -0.2) is 57.6 Å². The Morgan fingerprint density at radius 3 is 2.00 bits per heavy atom. The molecule has 0 aromatic carbocycles. The standard InChI is InChI=1S/C12H19F4N3O9S/c1-6(20)25-4-8(17)10(18,28-29(22,23)11(13,14)15)9(5-26-7(2)21)27-12(16,19)24-3/h4,9H,5,17-19H2,1-3H3/b8-4-. The molecular weight excluding hydrogens is 438 g/mol. The topological polar surface area (TPSA) is 192 Å². The fourth-order valence-electron chi connectivity index (χ4n) is 1.44. The van der Waals surface area contributed by atoms with Gasteiger partial charge in [0.25, 0.3) is 0 Å². The van der Waals surface area contributed by atoms with Crippen molar-refractivity contribution in [2.75, 3.05) is 13.7 Å². The van der Waals surface area contributed by atoms with E-state index in [1.54, 1.807) is 0 Å². The van der Waals surface area contributed by atoms with Crippen LogP contribution in [0.15, 0.2) is 12.0 Å². The van der Waals surface area contributed by atoms with Gasteiger partial charge in [-0.05, 0) is 0 Å². The summed E-state index contributed by atoms with van der Waals surface area (Å²) in [6.45, 7) is 0.460. The Kier molecular flexibility index (Phi) is 8.95. The predicted octanol–water partition coefficient (Wildman–Crippen LogP) is -0.995. The zero-order valence-corrected chi connectivity index (χ0v) is 16.0. The number of ether oxygens (including phenoxy) is 4. The highest BCUT2D eigenvalue weighted by Gasteiger charge is 2.56. The van der Waals surface area contributed by atoms with E-state index in [4.69, 9.17) is 17.2 Å². The Bertz CT molecular complexity index is 741. The van der Waals surface area contributed by atoms with E-state index in [9.17, 15) is 35.6 Å². The van der Waals surface area contributed by atoms with E-state index >= 15 is 0 Å². The molecule has 0 fully saturated rings. The number of alkyl halides is 4. The van der Waals surface area contributed by atoms with Crippen LogP contribution >= 0.6 is 0 Å². The van der Waals surface area contributed by atoms with Crippen molar-refractivity contribution in [1.82, 2.24) is 0 Å². The summed E-state index contributed by atoms with van der Waals surface area (Å²) in [7, 11) is -5.84. The minimum atomic E-state index is -6.50. The molecular formula is C12H19F4N3O9S. The lowest BCUT2D eigenvalue weighted by Crippen LogP contribution is -2.64. The number of halogens is 4. The molecule has 0 spiro atoms. The summed E-state index contributed by atoms with van der Waals surface area (Å²) in [5.74, 6) is -2.12. The first-order chi connectivity index (χ1) is 12.9. The van der Waals surface area contributed by atoms with Gasteiger partial charge in [-0.3, -0.25) is 20.1 Å². The molecule has 0 amide bonds. The van der Waals surface area contributed by atoms with Gasteiger partial charge in [-0.25, -0.2) is 9.92 Å². The number of hydrogen-bond donors (Lipinski definition) is 3. The number of esters is 2. The zero-order valence-electron chi connectivity index (χ0n) is 15.2. The second-order valence-electron chi connectivity index (χ2n) is 5.15. The molecule has 0 saturated carbocycles. The maximum atomic E-state index is 13.9. The van der Waals surface area contributed by atoms with E-state index < -0.39 is 57.9 Å². The molecule has 6 N–H and O–H groups in total. The molecule has 0 rings (SSSR count). The molecule has 12 nitrogen and oxygen atoms in total. The van der Waals surface area contributed by atoms with Gasteiger partial charge in [0.15, 0.2) is 0 Å². The zero-order chi connectivity index (χ0) is 23.3. The van der Waals surface area contributed by atoms with Crippen molar-refractivity contribution in [2.24, 2.45) is 17.2 Å². The fourth-order valence-corrected chi connectivity index (χ4v) is 2.10. The monoisotopic (exact) mass is 457 g/mol. The molecule has 29 heavy (non-hydrogen) atoms. The SMILES string of the molecule is COC(N)(F)OC(COC(C)=O)C(N)(OS(=O)(=O)C(F)(F)F)/C(N)=C/OC(C)=O. The normalized spacial score (nSPS) is 18.3. The van der Waals surface area contributed by atoms with Gasteiger partial charge in [0.05, 0.1) is 5.70 Å². The molecule has 3 atom stereocenters. The third-order valence-electron chi connectivity index (χ3n) is 2.83. The lowest BCUT2D eigenvalue weighted by Gasteiger charge is -2.37. The molecule has 3 unspecified atom stereocenters. The average Bonchev–Trinajstić information content (AvgIpc) is 2.54. The molecule has 0 saturated heterocycles. The van der Waals surface area contributed by atoms with Crippen LogP contribution in [0.25, 0.3) is 0 Å². The van der Waals surface area contributed by atoms with Gasteiger partial charge in [-0.1, -0.05) is 0 Å². The second-order valence-corrected chi connectivity index (χ2v) is 6.69. The summed E-state index contributed by atoms with van der Waals surface area (Å²) in [5, 5.41) is 0. The number of carbonyl (C=O) groups is 2. The minimum absolute atomic E-state index is 0.210. The van der Waals surface area contributed by atoms with Crippen molar-refractivity contribution in [3.63, 3.8) is 0 Å². The molecule has 0 aliphatic heterocycles. The molecule has 0 aliphatic carbocycles. The predicted molar refractivity (Wildman–Crippen MR) is 83.6 cm³/mol. The highest BCUT2D eigenvalue weighted by Crippen LogP contribution is 2.32. The van der Waals surface area contributed by atoms with Crippen LogP contribution < -0.4 is 17.2 Å². The maximum absolute atomic E-state index is 13.9. The van der Waals surface area contributed by atoms with Crippen LogP contribution in [0, 0.1) is 0 Å². The summed E-state index contributed by atoms with van der Waals surface area (Å²) in [6.07, 6.45) is -5.84. The maximum Gasteiger partial charge on any atom is 0.523 e. The van der Waals surface area contributed by atoms with Gasteiger partial charge in [0, 0.05) is 21.0 Å². The summed E-state index contributed by atoms with van der Waals surface area (Å²) < 4.78 is 96.3. The Balaban J connectivity index is 6.43. The second kappa shape index (κ2) is 9.63. The van der Waals surface area contributed by atoms with Gasteiger partial charge in [0.2, 0.25) is 5.72 Å². The Morgan fingerprint density at radius 2 is 1.62 bits per heavy atom. The van der Waals surface area contributed by atoms with Gasteiger partial charge >= 0.3 is 33.7 Å². The summed E-state index contributed by atoms with van der Waals surface area (Å²) in [4.78, 5) is 21.9. The minimum Gasteiger partial charge on any atom is -0.463 e. The smallest absolute Gasteiger partial charge is 0.463 e. The number of nitrogens with two attached hydrogens (primary N) is 3. The highest BCUT2D eigenvalue weighted by atomic mass is 32.2. The average molecular weight is 457 g/mol. The Hall–Kier alpha value is -2.05. The van der Waals surface area contributed by atoms with E-state index in [-0.39, 0.29) is 6.26 Å². The van der Waals surface area contributed by atoms with Crippen molar-refractivity contribution >= 4 is 22.1 Å². The number of rotatable bonds is 10. The van der Waals surface area contributed by atoms with E-state index in [1.165, 1.54) is 0 Å². The lowest BCUT2D eigenvalue weighted by molar-refractivity contribution is -0.338. The third-order valence-corrected chi connectivity index (χ3v) is 3.89. The number of carbonyl (C=O) groups excluding carboxylic acids is 2. The largest absolute Gasteiger partial charge is 0.523 e. The first kappa shape index (κ1) is 27.0. The van der Waals surface area contributed by atoms with Crippen molar-refractivity contribution < 1.29 is 58.7 Å². The molecule has 17 heteroatoms. The van der Waals surface area contributed by atoms with E-state index in [2.05, 4.69) is 23.1 Å². The van der Waals surface area contributed by atoms with E-state index in [1.807, 2.05) is 0 Å². The molecule has 0 radical (unpaired) electrons. The van der Waals surface area contributed by atoms with Crippen molar-refractivity contribution in [2.45, 2.75) is 37.3 Å². The Labute approximate surface area is 161 Å². The van der Waals surface area contributed by atoms with E-state index in [0.29, 0.717) is 7.11 Å². The van der Waals surface area contributed by atoms with Crippen LogP contribution in [0.4, 0.5) is 17.6 Å². The summed E-state index contributed by atoms with van der Waals surface area (Å²) >= 11 is 0. The fraction of sp³-hybridized carbons (Fsp3) is 0.667. The quantitative estimate of drug-likeness (QED) is 0.0690. The van der Waals surface area contributed by atoms with Gasteiger partial charge < -0.3 is 19.9 Å². The van der Waals surface area contributed by atoms with Crippen molar-refractivity contribution in [1.29, 1.82) is 0 Å². The van der Waals surface area contributed by atoms with Gasteiger partial charge in [-0.2, -0.15) is 26.0 Å². The van der Waals surface area contributed by atoms with Crippen LogP contribution in [0.1, 0.15) is 13.8 Å². The van der Waals surface area contributed by atoms with Crippen LogP contribution in [0.5, 0.6) is 0 Å². The molecule has 170 valence electrons. The highest BCUT2D eigenvalue weighted by molar-refractivity contribution is 7.87. The molecule has 0 heterocycles. The van der Waals surface area contributed by atoms with Gasteiger partial charge in [0.1, 0.15) is 19.0 Å². The third kappa shape index (κ3) is 8.07. The van der Waals surface area contributed by atoms with Crippen molar-refractivity contribution in [3.8, 4) is 0 Å². The number of hydrogen-bond acceptors (Lipinski definition) is 12. The first-order valence-electron chi connectivity index (χ1n) is 7.16. The first-order valence-corrected chi connectivity index (χ1v) is 8.57. The van der Waals surface area contributed by atoms with Crippen LogP contribution in [0.2, 0.25) is 0 Å². The van der Waals surface area contributed by atoms with Crippen LogP contribution in [-0.2, 0) is 42.8 Å². The van der Waals surface area contributed by atoms with Crippen LogP contribution in [0.3, 0.4) is 0 Å².